The average molecular weight is 452 g/mol. The molecule has 1 aromatic heterocycles. The smallest absolute Gasteiger partial charge is 0.295 e. The van der Waals surface area contributed by atoms with Crippen LogP contribution in [0.5, 0.6) is 5.75 Å². The summed E-state index contributed by atoms with van der Waals surface area (Å²) in [7, 11) is 1.55. The Morgan fingerprint density at radius 3 is 2.44 bits per heavy atom. The molecule has 2 aromatic carbocycles. The number of Topliss-reactive ketones (excluding diaryl/α,β-unsaturated/α-hetero) is 1. The lowest BCUT2D eigenvalue weighted by Gasteiger charge is -2.25. The van der Waals surface area contributed by atoms with Crippen molar-refractivity contribution in [1.29, 1.82) is 0 Å². The number of methoxy groups -OCH3 is 1. The van der Waals surface area contributed by atoms with Crippen molar-refractivity contribution < 1.29 is 19.4 Å². The van der Waals surface area contributed by atoms with Gasteiger partial charge in [-0.15, -0.1) is 0 Å². The van der Waals surface area contributed by atoms with E-state index in [1.807, 2.05) is 10.8 Å². The number of hydrogen-bond acceptors (Lipinski definition) is 5. The normalized spacial score (nSPS) is 17.7. The van der Waals surface area contributed by atoms with Gasteiger partial charge in [0.25, 0.3) is 11.7 Å². The first-order valence-corrected chi connectivity index (χ1v) is 10.5. The second-order valence-electron chi connectivity index (χ2n) is 7.43. The Morgan fingerprint density at radius 1 is 1.09 bits per heavy atom. The molecular weight excluding hydrogens is 430 g/mol. The van der Waals surface area contributed by atoms with E-state index >= 15 is 0 Å². The van der Waals surface area contributed by atoms with Gasteiger partial charge in [-0.1, -0.05) is 23.7 Å². The summed E-state index contributed by atoms with van der Waals surface area (Å²) >= 11 is 6.05. The van der Waals surface area contributed by atoms with Gasteiger partial charge in [-0.3, -0.25) is 9.59 Å². The standard InChI is InChI=1S/C24H22ClN3O4/c1-32-19-9-5-17(6-10-19)22(29)20-21(16-3-7-18(25)8-4-16)28(24(31)23(20)30)13-2-12-27-14-11-26-15-27/h3-11,14-15,21,29H,2,12-13H2,1H3/b22-20+. The number of aliphatic hydroxyl groups excluding tert-OH is 1. The van der Waals surface area contributed by atoms with Crippen molar-refractivity contribution in [2.24, 2.45) is 0 Å². The summed E-state index contributed by atoms with van der Waals surface area (Å²) in [5, 5.41) is 11.6. The number of aliphatic hydroxyl groups is 1. The minimum atomic E-state index is -0.711. The molecule has 1 atom stereocenters. The van der Waals surface area contributed by atoms with Crippen molar-refractivity contribution in [3.05, 3.63) is 89.0 Å². The second kappa shape index (κ2) is 9.28. The molecule has 1 saturated heterocycles. The first kappa shape index (κ1) is 21.6. The zero-order chi connectivity index (χ0) is 22.7. The number of amides is 1. The highest BCUT2D eigenvalue weighted by atomic mass is 35.5. The van der Waals surface area contributed by atoms with Crippen molar-refractivity contribution in [2.75, 3.05) is 13.7 Å². The molecule has 1 aliphatic heterocycles. The van der Waals surface area contributed by atoms with Crippen LogP contribution in [0.4, 0.5) is 0 Å². The summed E-state index contributed by atoms with van der Waals surface area (Å²) in [5.41, 5.74) is 1.19. The molecule has 0 bridgehead atoms. The average Bonchev–Trinajstić information content (AvgIpc) is 3.41. The van der Waals surface area contributed by atoms with Crippen LogP contribution < -0.4 is 4.74 Å². The van der Waals surface area contributed by atoms with E-state index in [0.717, 1.165) is 0 Å². The van der Waals surface area contributed by atoms with Crippen LogP contribution in [0.25, 0.3) is 5.76 Å². The molecule has 0 aliphatic carbocycles. The fourth-order valence-corrected chi connectivity index (χ4v) is 3.98. The summed E-state index contributed by atoms with van der Waals surface area (Å²) in [4.78, 5) is 31.5. The molecule has 8 heteroatoms. The number of halogens is 1. The number of hydrogen-bond donors (Lipinski definition) is 1. The minimum Gasteiger partial charge on any atom is -0.507 e. The molecule has 3 aromatic rings. The molecule has 1 amide bonds. The number of nitrogens with zero attached hydrogens (tertiary/aromatic N) is 3. The zero-order valence-electron chi connectivity index (χ0n) is 17.4. The molecule has 7 nitrogen and oxygen atoms in total. The third-order valence-corrected chi connectivity index (χ3v) is 5.72. The van der Waals surface area contributed by atoms with Gasteiger partial charge >= 0.3 is 0 Å². The lowest BCUT2D eigenvalue weighted by atomic mass is 9.95. The number of imidazole rings is 1. The van der Waals surface area contributed by atoms with Crippen LogP contribution in [0.3, 0.4) is 0 Å². The maximum atomic E-state index is 13.0. The van der Waals surface area contributed by atoms with Gasteiger partial charge in [-0.05, 0) is 48.4 Å². The van der Waals surface area contributed by atoms with Crippen LogP contribution in [-0.4, -0.2) is 44.9 Å². The number of likely N-dealkylation sites (tertiary alicyclic amines) is 1. The molecule has 0 spiro atoms. The van der Waals surface area contributed by atoms with Crippen LogP contribution >= 0.6 is 11.6 Å². The molecule has 2 heterocycles. The van der Waals surface area contributed by atoms with Crippen LogP contribution in [0.15, 0.2) is 72.8 Å². The Morgan fingerprint density at radius 2 is 1.81 bits per heavy atom. The van der Waals surface area contributed by atoms with Crippen LogP contribution in [-0.2, 0) is 16.1 Å². The number of ketones is 1. The highest BCUT2D eigenvalue weighted by Crippen LogP contribution is 2.39. The summed E-state index contributed by atoms with van der Waals surface area (Å²) in [5.74, 6) is -0.939. The number of aromatic nitrogens is 2. The second-order valence-corrected chi connectivity index (χ2v) is 7.86. The Bertz CT molecular complexity index is 1140. The maximum Gasteiger partial charge on any atom is 0.295 e. The van der Waals surface area contributed by atoms with E-state index in [-0.39, 0.29) is 11.3 Å². The lowest BCUT2D eigenvalue weighted by molar-refractivity contribution is -0.139. The fraction of sp³-hybridized carbons (Fsp3) is 0.208. The van der Waals surface area contributed by atoms with Gasteiger partial charge in [0, 0.05) is 36.1 Å². The van der Waals surface area contributed by atoms with E-state index in [2.05, 4.69) is 4.98 Å². The number of aryl methyl sites for hydroxylation is 1. The fourth-order valence-electron chi connectivity index (χ4n) is 3.85. The Kier molecular flexibility index (Phi) is 6.28. The Hall–Kier alpha value is -3.58. The van der Waals surface area contributed by atoms with Gasteiger partial charge in [-0.2, -0.15) is 0 Å². The molecule has 0 saturated carbocycles. The van der Waals surface area contributed by atoms with Crippen molar-refractivity contribution in [1.82, 2.24) is 14.5 Å². The summed E-state index contributed by atoms with van der Waals surface area (Å²) < 4.78 is 7.07. The van der Waals surface area contributed by atoms with Crippen molar-refractivity contribution in [3.8, 4) is 5.75 Å². The maximum absolute atomic E-state index is 13.0. The van der Waals surface area contributed by atoms with Gasteiger partial charge < -0.3 is 19.3 Å². The van der Waals surface area contributed by atoms with Gasteiger partial charge in [0.1, 0.15) is 11.5 Å². The van der Waals surface area contributed by atoms with Gasteiger partial charge in [-0.25, -0.2) is 4.98 Å². The predicted octanol–water partition coefficient (Wildman–Crippen LogP) is 4.06. The first-order chi connectivity index (χ1) is 15.5. The highest BCUT2D eigenvalue weighted by Gasteiger charge is 2.45. The van der Waals surface area contributed by atoms with Crippen molar-refractivity contribution >= 4 is 29.1 Å². The molecule has 1 aliphatic rings. The molecule has 32 heavy (non-hydrogen) atoms. The van der Waals surface area contributed by atoms with E-state index in [1.165, 1.54) is 4.90 Å². The number of benzene rings is 2. The van der Waals surface area contributed by atoms with Gasteiger partial charge in [0.05, 0.1) is 25.1 Å². The monoisotopic (exact) mass is 451 g/mol. The van der Waals surface area contributed by atoms with Gasteiger partial charge in [0.15, 0.2) is 0 Å². The molecule has 0 radical (unpaired) electrons. The third kappa shape index (κ3) is 4.24. The third-order valence-electron chi connectivity index (χ3n) is 5.46. The van der Waals surface area contributed by atoms with Crippen LogP contribution in [0, 0.1) is 0 Å². The SMILES string of the molecule is COc1ccc(/C(O)=C2\C(=O)C(=O)N(CCCn3ccnc3)C2c2ccc(Cl)cc2)cc1. The molecular formula is C24H22ClN3O4. The lowest BCUT2D eigenvalue weighted by Crippen LogP contribution is -2.31. The quantitative estimate of drug-likeness (QED) is 0.332. The Labute approximate surface area is 190 Å². The summed E-state index contributed by atoms with van der Waals surface area (Å²) in [6, 6.07) is 12.9. The summed E-state index contributed by atoms with van der Waals surface area (Å²) in [6.45, 7) is 0.990. The highest BCUT2D eigenvalue weighted by molar-refractivity contribution is 6.46. The predicted molar refractivity (Wildman–Crippen MR) is 120 cm³/mol. The Balaban J connectivity index is 1.71. The minimum absolute atomic E-state index is 0.0603. The number of rotatable bonds is 7. The molecule has 4 rings (SSSR count). The van der Waals surface area contributed by atoms with Crippen molar-refractivity contribution in [2.45, 2.75) is 19.0 Å². The summed E-state index contributed by atoms with van der Waals surface area (Å²) in [6.07, 6.45) is 5.85. The van der Waals surface area contributed by atoms with Crippen LogP contribution in [0.2, 0.25) is 5.02 Å². The number of ether oxygens (including phenoxy) is 1. The van der Waals surface area contributed by atoms with E-state index in [9.17, 15) is 14.7 Å². The molecule has 1 N–H and O–H groups in total. The van der Waals surface area contributed by atoms with Crippen LogP contribution in [0.1, 0.15) is 23.6 Å². The van der Waals surface area contributed by atoms with E-state index in [0.29, 0.717) is 41.4 Å². The molecule has 1 unspecified atom stereocenters. The topological polar surface area (TPSA) is 84.7 Å². The van der Waals surface area contributed by atoms with E-state index < -0.39 is 17.7 Å². The first-order valence-electron chi connectivity index (χ1n) is 10.1. The molecule has 1 fully saturated rings. The van der Waals surface area contributed by atoms with E-state index in [4.69, 9.17) is 16.3 Å². The largest absolute Gasteiger partial charge is 0.507 e. The van der Waals surface area contributed by atoms with E-state index in [1.54, 1.807) is 68.2 Å². The molecule has 164 valence electrons. The zero-order valence-corrected chi connectivity index (χ0v) is 18.2. The number of carbonyl (C=O) groups is 2. The number of carbonyl (C=O) groups excluding carboxylic acids is 2. The van der Waals surface area contributed by atoms with Gasteiger partial charge in [0.2, 0.25) is 0 Å². The van der Waals surface area contributed by atoms with Crippen molar-refractivity contribution in [3.63, 3.8) is 0 Å².